The summed E-state index contributed by atoms with van der Waals surface area (Å²) in [7, 11) is 0. The fraction of sp³-hybridized carbons (Fsp3) is 0.250. The standard InChI is InChI=1S/C12H13BrFN3/c1-8(15-7-10-4-5-16-17-10)9-2-3-12(14)11(13)6-9/h2-6,8,15H,7H2,1H3,(H,16,17). The quantitative estimate of drug-likeness (QED) is 0.910. The van der Waals surface area contributed by atoms with E-state index in [1.165, 1.54) is 6.07 Å². The lowest BCUT2D eigenvalue weighted by atomic mass is 10.1. The van der Waals surface area contributed by atoms with Crippen LogP contribution in [0, 0.1) is 5.82 Å². The molecule has 2 aromatic rings. The van der Waals surface area contributed by atoms with Crippen molar-refractivity contribution in [3.8, 4) is 0 Å². The van der Waals surface area contributed by atoms with Crippen LogP contribution in [0.5, 0.6) is 0 Å². The molecular formula is C12H13BrFN3. The number of nitrogens with zero attached hydrogens (tertiary/aromatic N) is 1. The molecule has 0 saturated carbocycles. The molecule has 0 aliphatic heterocycles. The van der Waals surface area contributed by atoms with Crippen LogP contribution in [0.25, 0.3) is 0 Å². The lowest BCUT2D eigenvalue weighted by Gasteiger charge is -2.14. The molecule has 0 saturated heterocycles. The third-order valence-corrected chi connectivity index (χ3v) is 3.21. The van der Waals surface area contributed by atoms with Crippen molar-refractivity contribution in [1.29, 1.82) is 0 Å². The first-order valence-electron chi connectivity index (χ1n) is 5.33. The van der Waals surface area contributed by atoms with E-state index in [0.29, 0.717) is 11.0 Å². The molecule has 0 aliphatic rings. The van der Waals surface area contributed by atoms with E-state index in [-0.39, 0.29) is 11.9 Å². The van der Waals surface area contributed by atoms with Crippen molar-refractivity contribution in [2.24, 2.45) is 0 Å². The molecule has 0 amide bonds. The van der Waals surface area contributed by atoms with Crippen molar-refractivity contribution in [1.82, 2.24) is 15.5 Å². The van der Waals surface area contributed by atoms with Crippen LogP contribution in [-0.2, 0) is 6.54 Å². The molecule has 2 N–H and O–H groups in total. The molecular weight excluding hydrogens is 285 g/mol. The molecule has 17 heavy (non-hydrogen) atoms. The van der Waals surface area contributed by atoms with Gasteiger partial charge >= 0.3 is 0 Å². The van der Waals surface area contributed by atoms with Gasteiger partial charge in [0.25, 0.3) is 0 Å². The molecule has 0 fully saturated rings. The largest absolute Gasteiger partial charge is 0.305 e. The number of aromatic nitrogens is 2. The SMILES string of the molecule is CC(NCc1ccn[nH]1)c1ccc(F)c(Br)c1. The molecule has 3 nitrogen and oxygen atoms in total. The Kier molecular flexibility index (Phi) is 3.91. The number of rotatable bonds is 4. The molecule has 1 unspecified atom stereocenters. The van der Waals surface area contributed by atoms with Crippen molar-refractivity contribution in [3.05, 3.63) is 52.0 Å². The highest BCUT2D eigenvalue weighted by atomic mass is 79.9. The first kappa shape index (κ1) is 12.3. The predicted octanol–water partition coefficient (Wildman–Crippen LogP) is 3.16. The number of hydrogen-bond acceptors (Lipinski definition) is 2. The van der Waals surface area contributed by atoms with E-state index in [4.69, 9.17) is 0 Å². The Morgan fingerprint density at radius 2 is 2.29 bits per heavy atom. The molecule has 0 aliphatic carbocycles. The maximum absolute atomic E-state index is 13.1. The topological polar surface area (TPSA) is 40.7 Å². The van der Waals surface area contributed by atoms with Crippen LogP contribution >= 0.6 is 15.9 Å². The van der Waals surface area contributed by atoms with E-state index in [2.05, 4.69) is 31.4 Å². The summed E-state index contributed by atoms with van der Waals surface area (Å²) < 4.78 is 13.6. The van der Waals surface area contributed by atoms with Gasteiger partial charge in [0.05, 0.1) is 4.47 Å². The number of halogens is 2. The van der Waals surface area contributed by atoms with Crippen LogP contribution < -0.4 is 5.32 Å². The zero-order valence-corrected chi connectivity index (χ0v) is 11.0. The number of hydrogen-bond donors (Lipinski definition) is 2. The van der Waals surface area contributed by atoms with Crippen LogP contribution in [0.2, 0.25) is 0 Å². The van der Waals surface area contributed by atoms with E-state index in [1.807, 2.05) is 13.0 Å². The second kappa shape index (κ2) is 5.42. The lowest BCUT2D eigenvalue weighted by molar-refractivity contribution is 0.563. The lowest BCUT2D eigenvalue weighted by Crippen LogP contribution is -2.18. The van der Waals surface area contributed by atoms with Gasteiger partial charge in [0.15, 0.2) is 0 Å². The first-order chi connectivity index (χ1) is 8.16. The number of benzene rings is 1. The summed E-state index contributed by atoms with van der Waals surface area (Å²) in [4.78, 5) is 0. The summed E-state index contributed by atoms with van der Waals surface area (Å²) in [5, 5.41) is 10.1. The van der Waals surface area contributed by atoms with Gasteiger partial charge in [-0.2, -0.15) is 5.10 Å². The van der Waals surface area contributed by atoms with Gasteiger partial charge in [0, 0.05) is 24.5 Å². The maximum Gasteiger partial charge on any atom is 0.137 e. The molecule has 1 aromatic carbocycles. The second-order valence-electron chi connectivity index (χ2n) is 3.86. The number of nitrogens with one attached hydrogen (secondary N) is 2. The van der Waals surface area contributed by atoms with E-state index < -0.39 is 0 Å². The minimum atomic E-state index is -0.241. The normalized spacial score (nSPS) is 12.6. The molecule has 2 rings (SSSR count). The van der Waals surface area contributed by atoms with Crippen molar-refractivity contribution in [3.63, 3.8) is 0 Å². The Labute approximate surface area is 108 Å². The highest BCUT2D eigenvalue weighted by molar-refractivity contribution is 9.10. The van der Waals surface area contributed by atoms with E-state index in [9.17, 15) is 4.39 Å². The Hall–Kier alpha value is -1.20. The van der Waals surface area contributed by atoms with Gasteiger partial charge in [-0.1, -0.05) is 6.07 Å². The van der Waals surface area contributed by atoms with E-state index in [1.54, 1.807) is 18.3 Å². The van der Waals surface area contributed by atoms with Gasteiger partial charge in [-0.15, -0.1) is 0 Å². The molecule has 5 heteroatoms. The molecule has 0 spiro atoms. The van der Waals surface area contributed by atoms with Gasteiger partial charge < -0.3 is 5.32 Å². The van der Waals surface area contributed by atoms with Crippen LogP contribution in [-0.4, -0.2) is 10.2 Å². The van der Waals surface area contributed by atoms with Gasteiger partial charge in [-0.3, -0.25) is 5.10 Å². The van der Waals surface area contributed by atoms with E-state index in [0.717, 1.165) is 11.3 Å². The summed E-state index contributed by atoms with van der Waals surface area (Å²) in [5.41, 5.74) is 2.07. The summed E-state index contributed by atoms with van der Waals surface area (Å²) in [6.07, 6.45) is 1.72. The predicted molar refractivity (Wildman–Crippen MR) is 67.9 cm³/mol. The zero-order chi connectivity index (χ0) is 12.3. The highest BCUT2D eigenvalue weighted by Crippen LogP contribution is 2.21. The average molecular weight is 298 g/mol. The van der Waals surface area contributed by atoms with Gasteiger partial charge in [-0.25, -0.2) is 4.39 Å². The van der Waals surface area contributed by atoms with Gasteiger partial charge in [0.1, 0.15) is 5.82 Å². The van der Waals surface area contributed by atoms with Crippen molar-refractivity contribution in [2.75, 3.05) is 0 Å². The Bertz CT molecular complexity index is 485. The Morgan fingerprint density at radius 1 is 1.47 bits per heavy atom. The monoisotopic (exact) mass is 297 g/mol. The molecule has 1 aromatic heterocycles. The smallest absolute Gasteiger partial charge is 0.137 e. The minimum Gasteiger partial charge on any atom is -0.305 e. The summed E-state index contributed by atoms with van der Waals surface area (Å²) in [5.74, 6) is -0.241. The summed E-state index contributed by atoms with van der Waals surface area (Å²) in [6.45, 7) is 2.74. The maximum atomic E-state index is 13.1. The fourth-order valence-electron chi connectivity index (χ4n) is 1.55. The highest BCUT2D eigenvalue weighted by Gasteiger charge is 2.07. The third kappa shape index (κ3) is 3.14. The third-order valence-electron chi connectivity index (χ3n) is 2.60. The van der Waals surface area contributed by atoms with Gasteiger partial charge in [-0.05, 0) is 46.6 Å². The van der Waals surface area contributed by atoms with Crippen molar-refractivity contribution < 1.29 is 4.39 Å². The first-order valence-corrected chi connectivity index (χ1v) is 6.12. The molecule has 1 atom stereocenters. The van der Waals surface area contributed by atoms with Crippen molar-refractivity contribution in [2.45, 2.75) is 19.5 Å². The van der Waals surface area contributed by atoms with Crippen molar-refractivity contribution >= 4 is 15.9 Å². The Morgan fingerprint density at radius 3 is 2.94 bits per heavy atom. The van der Waals surface area contributed by atoms with E-state index >= 15 is 0 Å². The number of aromatic amines is 1. The van der Waals surface area contributed by atoms with Crippen LogP contribution in [0.4, 0.5) is 4.39 Å². The van der Waals surface area contributed by atoms with Crippen LogP contribution in [0.15, 0.2) is 34.9 Å². The van der Waals surface area contributed by atoms with Crippen LogP contribution in [0.1, 0.15) is 24.2 Å². The summed E-state index contributed by atoms with van der Waals surface area (Å²) >= 11 is 3.19. The molecule has 0 bridgehead atoms. The molecule has 1 heterocycles. The fourth-order valence-corrected chi connectivity index (χ4v) is 1.94. The van der Waals surface area contributed by atoms with Crippen LogP contribution in [0.3, 0.4) is 0 Å². The zero-order valence-electron chi connectivity index (χ0n) is 9.37. The Balaban J connectivity index is 1.99. The molecule has 90 valence electrons. The average Bonchev–Trinajstić information content (AvgIpc) is 2.82. The summed E-state index contributed by atoms with van der Waals surface area (Å²) in [6, 6.07) is 7.11. The molecule has 0 radical (unpaired) electrons. The number of H-pyrrole nitrogens is 1. The minimum absolute atomic E-state index is 0.148. The van der Waals surface area contributed by atoms with Gasteiger partial charge in [0.2, 0.25) is 0 Å². The second-order valence-corrected chi connectivity index (χ2v) is 4.71.